The minimum absolute atomic E-state index is 0.689. The van der Waals surface area contributed by atoms with E-state index in [1.54, 1.807) is 6.20 Å². The molecule has 0 saturated heterocycles. The zero-order chi connectivity index (χ0) is 12.8. The van der Waals surface area contributed by atoms with Crippen LogP contribution in [0.1, 0.15) is 5.56 Å². The predicted molar refractivity (Wildman–Crippen MR) is 80.5 cm³/mol. The van der Waals surface area contributed by atoms with Gasteiger partial charge in [-0.1, -0.05) is 57.9 Å². The molecule has 0 radical (unpaired) electrons. The molecule has 0 aliphatic heterocycles. The zero-order valence-corrected chi connectivity index (χ0v) is 12.2. The van der Waals surface area contributed by atoms with Crippen LogP contribution in [0.4, 0.5) is 5.82 Å². The number of benzene rings is 1. The van der Waals surface area contributed by atoms with Crippen LogP contribution in [-0.4, -0.2) is 16.9 Å². The van der Waals surface area contributed by atoms with Crippen molar-refractivity contribution in [1.29, 1.82) is 0 Å². The molecule has 0 aliphatic rings. The molecule has 2 aromatic rings. The Morgan fingerprint density at radius 2 is 1.89 bits per heavy atom. The summed E-state index contributed by atoms with van der Waals surface area (Å²) >= 11 is 9.67. The van der Waals surface area contributed by atoms with Crippen molar-refractivity contribution in [2.24, 2.45) is 0 Å². The lowest BCUT2D eigenvalue weighted by Gasteiger charge is -2.23. The van der Waals surface area contributed by atoms with Crippen LogP contribution in [0.25, 0.3) is 0 Å². The van der Waals surface area contributed by atoms with E-state index in [0.717, 1.165) is 24.2 Å². The smallest absolute Gasteiger partial charge is 0.147 e. The second-order valence-electron chi connectivity index (χ2n) is 3.90. The first-order valence-electron chi connectivity index (χ1n) is 5.76. The maximum atomic E-state index is 6.20. The van der Waals surface area contributed by atoms with Gasteiger partial charge in [-0.05, 0) is 17.7 Å². The van der Waals surface area contributed by atoms with Crippen LogP contribution in [0.2, 0.25) is 5.02 Å². The van der Waals surface area contributed by atoms with Crippen molar-refractivity contribution in [2.45, 2.75) is 6.54 Å². The lowest BCUT2D eigenvalue weighted by Crippen LogP contribution is -2.26. The molecule has 0 aliphatic carbocycles. The summed E-state index contributed by atoms with van der Waals surface area (Å²) in [6, 6.07) is 14.0. The lowest BCUT2D eigenvalue weighted by molar-refractivity contribution is 0.821. The van der Waals surface area contributed by atoms with Gasteiger partial charge in [0.05, 0.1) is 5.02 Å². The second kappa shape index (κ2) is 6.76. The minimum Gasteiger partial charge on any atom is -0.350 e. The summed E-state index contributed by atoms with van der Waals surface area (Å²) in [5.41, 5.74) is 1.25. The molecule has 1 heterocycles. The summed E-state index contributed by atoms with van der Waals surface area (Å²) < 4.78 is 0. The number of halogens is 2. The summed E-state index contributed by atoms with van der Waals surface area (Å²) in [5.74, 6) is 0.836. The highest BCUT2D eigenvalue weighted by molar-refractivity contribution is 9.09. The van der Waals surface area contributed by atoms with E-state index in [0.29, 0.717) is 5.02 Å². The molecule has 0 spiro atoms. The van der Waals surface area contributed by atoms with Gasteiger partial charge in [-0.3, -0.25) is 0 Å². The molecule has 0 N–H and O–H groups in total. The Morgan fingerprint density at radius 1 is 1.11 bits per heavy atom. The largest absolute Gasteiger partial charge is 0.350 e. The van der Waals surface area contributed by atoms with Gasteiger partial charge in [0.15, 0.2) is 0 Å². The van der Waals surface area contributed by atoms with Crippen LogP contribution in [0.5, 0.6) is 0 Å². The first kappa shape index (κ1) is 13.4. The van der Waals surface area contributed by atoms with Crippen molar-refractivity contribution in [3.63, 3.8) is 0 Å². The van der Waals surface area contributed by atoms with E-state index in [9.17, 15) is 0 Å². The Kier molecular flexibility index (Phi) is 5.02. The number of pyridine rings is 1. The number of hydrogen-bond acceptors (Lipinski definition) is 2. The molecule has 1 aromatic heterocycles. The highest BCUT2D eigenvalue weighted by atomic mass is 79.9. The highest BCUT2D eigenvalue weighted by Crippen LogP contribution is 2.23. The van der Waals surface area contributed by atoms with Gasteiger partial charge in [-0.2, -0.15) is 0 Å². The molecule has 0 fully saturated rings. The van der Waals surface area contributed by atoms with Crippen LogP contribution < -0.4 is 4.90 Å². The molecule has 0 unspecified atom stereocenters. The van der Waals surface area contributed by atoms with Gasteiger partial charge < -0.3 is 4.90 Å². The third-order valence-corrected chi connectivity index (χ3v) is 3.26. The van der Waals surface area contributed by atoms with Crippen molar-refractivity contribution in [1.82, 2.24) is 4.98 Å². The Morgan fingerprint density at radius 3 is 2.56 bits per heavy atom. The molecule has 1 aromatic carbocycles. The van der Waals surface area contributed by atoms with E-state index < -0.39 is 0 Å². The molecule has 0 bridgehead atoms. The van der Waals surface area contributed by atoms with E-state index >= 15 is 0 Å². The molecule has 18 heavy (non-hydrogen) atoms. The fourth-order valence-electron chi connectivity index (χ4n) is 1.78. The molecule has 2 nitrogen and oxygen atoms in total. The normalized spacial score (nSPS) is 10.3. The van der Waals surface area contributed by atoms with E-state index in [1.165, 1.54) is 5.56 Å². The fourth-order valence-corrected chi connectivity index (χ4v) is 2.44. The third-order valence-electron chi connectivity index (χ3n) is 2.61. The Hall–Kier alpha value is -1.06. The number of alkyl halides is 1. The molecular weight excluding hydrogens is 312 g/mol. The standard InChI is InChI=1S/C14H14BrClN2/c15-8-10-18(11-12-5-2-1-3-6-12)14-13(16)7-4-9-17-14/h1-7,9H,8,10-11H2. The van der Waals surface area contributed by atoms with E-state index in [2.05, 4.69) is 37.9 Å². The number of anilines is 1. The van der Waals surface area contributed by atoms with Crippen molar-refractivity contribution >= 4 is 33.3 Å². The van der Waals surface area contributed by atoms with Crippen molar-refractivity contribution in [3.8, 4) is 0 Å². The number of aromatic nitrogens is 1. The van der Waals surface area contributed by atoms with Gasteiger partial charge in [0.2, 0.25) is 0 Å². The maximum Gasteiger partial charge on any atom is 0.147 e. The van der Waals surface area contributed by atoms with Crippen LogP contribution in [0, 0.1) is 0 Å². The van der Waals surface area contributed by atoms with Crippen molar-refractivity contribution < 1.29 is 0 Å². The number of nitrogens with zero attached hydrogens (tertiary/aromatic N) is 2. The third kappa shape index (κ3) is 3.47. The molecule has 2 rings (SSSR count). The van der Waals surface area contributed by atoms with Crippen LogP contribution in [0.15, 0.2) is 48.7 Å². The SMILES string of the molecule is Clc1cccnc1N(CCBr)Cc1ccccc1. The van der Waals surface area contributed by atoms with Gasteiger partial charge in [0.25, 0.3) is 0 Å². The summed E-state index contributed by atoms with van der Waals surface area (Å²) in [6.07, 6.45) is 1.77. The average molecular weight is 326 g/mol. The van der Waals surface area contributed by atoms with Gasteiger partial charge in [-0.15, -0.1) is 0 Å². The number of hydrogen-bond donors (Lipinski definition) is 0. The summed E-state index contributed by atoms with van der Waals surface area (Å²) in [4.78, 5) is 6.54. The van der Waals surface area contributed by atoms with Crippen molar-refractivity contribution in [2.75, 3.05) is 16.8 Å². The molecule has 94 valence electrons. The van der Waals surface area contributed by atoms with Crippen molar-refractivity contribution in [3.05, 3.63) is 59.2 Å². The fraction of sp³-hybridized carbons (Fsp3) is 0.214. The maximum absolute atomic E-state index is 6.20. The Labute approximate surface area is 121 Å². The van der Waals surface area contributed by atoms with Gasteiger partial charge in [-0.25, -0.2) is 4.98 Å². The average Bonchev–Trinajstić information content (AvgIpc) is 2.40. The molecule has 0 saturated carbocycles. The van der Waals surface area contributed by atoms with Crippen LogP contribution >= 0.6 is 27.5 Å². The first-order chi connectivity index (χ1) is 8.81. The Balaban J connectivity index is 2.21. The van der Waals surface area contributed by atoms with Gasteiger partial charge in [0, 0.05) is 24.6 Å². The van der Waals surface area contributed by atoms with E-state index in [-0.39, 0.29) is 0 Å². The number of rotatable bonds is 5. The lowest BCUT2D eigenvalue weighted by atomic mass is 10.2. The summed E-state index contributed by atoms with van der Waals surface area (Å²) in [6.45, 7) is 1.68. The first-order valence-corrected chi connectivity index (χ1v) is 7.26. The monoisotopic (exact) mass is 324 g/mol. The minimum atomic E-state index is 0.689. The Bertz CT molecular complexity index is 490. The summed E-state index contributed by atoms with van der Waals surface area (Å²) in [5, 5.41) is 1.57. The quantitative estimate of drug-likeness (QED) is 0.768. The van der Waals surface area contributed by atoms with E-state index in [1.807, 2.05) is 30.3 Å². The summed E-state index contributed by atoms with van der Waals surface area (Å²) in [7, 11) is 0. The van der Waals surface area contributed by atoms with Crippen LogP contribution in [-0.2, 0) is 6.54 Å². The highest BCUT2D eigenvalue weighted by Gasteiger charge is 2.11. The second-order valence-corrected chi connectivity index (χ2v) is 5.11. The molecule has 4 heteroatoms. The van der Waals surface area contributed by atoms with Gasteiger partial charge in [0.1, 0.15) is 5.82 Å². The molecular formula is C14H14BrClN2. The topological polar surface area (TPSA) is 16.1 Å². The van der Waals surface area contributed by atoms with E-state index in [4.69, 9.17) is 11.6 Å². The zero-order valence-electron chi connectivity index (χ0n) is 9.89. The van der Waals surface area contributed by atoms with Crippen LogP contribution in [0.3, 0.4) is 0 Å². The molecule has 0 amide bonds. The molecule has 0 atom stereocenters. The predicted octanol–water partition coefficient (Wildman–Crippen LogP) is 4.14. The van der Waals surface area contributed by atoms with Gasteiger partial charge >= 0.3 is 0 Å².